The van der Waals surface area contributed by atoms with Gasteiger partial charge in [-0.1, -0.05) is 6.92 Å². The van der Waals surface area contributed by atoms with Crippen LogP contribution in [0.15, 0.2) is 18.3 Å². The lowest BCUT2D eigenvalue weighted by molar-refractivity contribution is 0.0697. The molecule has 2 unspecified atom stereocenters. The van der Waals surface area contributed by atoms with Crippen molar-refractivity contribution in [2.24, 2.45) is 5.92 Å². The normalized spacial score (nSPS) is 24.3. The van der Waals surface area contributed by atoms with Crippen molar-refractivity contribution < 1.29 is 9.90 Å². The van der Waals surface area contributed by atoms with Crippen molar-refractivity contribution in [3.8, 4) is 0 Å². The number of rotatable bonds is 3. The Labute approximate surface area is 88.3 Å². The average Bonchev–Trinajstić information content (AvgIpc) is 2.24. The molecule has 1 aliphatic rings. The van der Waals surface area contributed by atoms with Crippen LogP contribution in [-0.2, 0) is 0 Å². The Balaban J connectivity index is 2.16. The Morgan fingerprint density at radius 3 is 2.93 bits per heavy atom. The number of aromatic nitrogens is 1. The quantitative estimate of drug-likeness (QED) is 0.793. The smallest absolute Gasteiger partial charge is 0.339 e. The van der Waals surface area contributed by atoms with E-state index in [9.17, 15) is 4.79 Å². The van der Waals surface area contributed by atoms with Gasteiger partial charge in [-0.15, -0.1) is 0 Å². The zero-order valence-corrected chi connectivity index (χ0v) is 8.60. The highest BCUT2D eigenvalue weighted by Crippen LogP contribution is 2.29. The van der Waals surface area contributed by atoms with Gasteiger partial charge in [0.05, 0.1) is 0 Å². The number of anilines is 1. The molecule has 80 valence electrons. The van der Waals surface area contributed by atoms with Crippen LogP contribution in [0.2, 0.25) is 0 Å². The molecule has 2 atom stereocenters. The van der Waals surface area contributed by atoms with E-state index in [0.29, 0.717) is 17.8 Å². The second-order valence-corrected chi connectivity index (χ2v) is 4.01. The molecule has 1 aliphatic carbocycles. The predicted octanol–water partition coefficient (Wildman–Crippen LogP) is 1.99. The van der Waals surface area contributed by atoms with Gasteiger partial charge in [0, 0.05) is 12.2 Å². The number of nitrogens with one attached hydrogen (secondary N) is 1. The Hall–Kier alpha value is -1.58. The molecule has 1 aromatic rings. The molecule has 2 N–H and O–H groups in total. The molecule has 0 amide bonds. The summed E-state index contributed by atoms with van der Waals surface area (Å²) in [6, 6.07) is 3.58. The molecule has 0 radical (unpaired) electrons. The van der Waals surface area contributed by atoms with E-state index in [-0.39, 0.29) is 5.56 Å². The van der Waals surface area contributed by atoms with Gasteiger partial charge >= 0.3 is 5.97 Å². The summed E-state index contributed by atoms with van der Waals surface area (Å²) < 4.78 is 0. The summed E-state index contributed by atoms with van der Waals surface area (Å²) in [6.45, 7) is 2.16. The van der Waals surface area contributed by atoms with Crippen LogP contribution in [0.3, 0.4) is 0 Å². The van der Waals surface area contributed by atoms with Gasteiger partial charge in [0.15, 0.2) is 0 Å². The first-order valence-electron chi connectivity index (χ1n) is 5.13. The van der Waals surface area contributed by atoms with E-state index < -0.39 is 5.97 Å². The van der Waals surface area contributed by atoms with Crippen molar-refractivity contribution >= 4 is 11.8 Å². The fraction of sp³-hybridized carbons (Fsp3) is 0.455. The third-order valence-electron chi connectivity index (χ3n) is 2.98. The molecule has 1 aromatic heterocycles. The van der Waals surface area contributed by atoms with Crippen molar-refractivity contribution in [3.05, 3.63) is 23.9 Å². The van der Waals surface area contributed by atoms with Gasteiger partial charge in [0.1, 0.15) is 11.4 Å². The summed E-state index contributed by atoms with van der Waals surface area (Å²) in [5, 5.41) is 12.1. The fourth-order valence-corrected chi connectivity index (χ4v) is 1.75. The highest BCUT2D eigenvalue weighted by Gasteiger charge is 2.27. The third-order valence-corrected chi connectivity index (χ3v) is 2.98. The van der Waals surface area contributed by atoms with Crippen molar-refractivity contribution in [2.75, 3.05) is 5.32 Å². The van der Waals surface area contributed by atoms with E-state index in [1.807, 2.05) is 0 Å². The first-order chi connectivity index (χ1) is 7.18. The lowest BCUT2D eigenvalue weighted by Crippen LogP contribution is -2.37. The molecule has 0 spiro atoms. The number of carboxylic acid groups (broad SMARTS) is 1. The molecule has 1 fully saturated rings. The fourth-order valence-electron chi connectivity index (χ4n) is 1.75. The molecule has 2 rings (SSSR count). The predicted molar refractivity (Wildman–Crippen MR) is 57.0 cm³/mol. The Morgan fingerprint density at radius 2 is 2.40 bits per heavy atom. The van der Waals surface area contributed by atoms with E-state index in [2.05, 4.69) is 17.2 Å². The number of pyridine rings is 1. The van der Waals surface area contributed by atoms with Crippen LogP contribution in [0.25, 0.3) is 0 Å². The summed E-state index contributed by atoms with van der Waals surface area (Å²) >= 11 is 0. The summed E-state index contributed by atoms with van der Waals surface area (Å²) in [5.41, 5.74) is 0.247. The topological polar surface area (TPSA) is 62.2 Å². The molecular formula is C11H14N2O2. The summed E-state index contributed by atoms with van der Waals surface area (Å²) in [5.74, 6) is 0.160. The number of carboxylic acids is 1. The summed E-state index contributed by atoms with van der Waals surface area (Å²) in [4.78, 5) is 15.0. The van der Waals surface area contributed by atoms with Crippen LogP contribution in [0, 0.1) is 5.92 Å². The lowest BCUT2D eigenvalue weighted by atomic mass is 9.81. The van der Waals surface area contributed by atoms with Crippen molar-refractivity contribution in [1.82, 2.24) is 4.98 Å². The molecule has 15 heavy (non-hydrogen) atoms. The maximum Gasteiger partial charge on any atom is 0.339 e. The number of hydrogen-bond donors (Lipinski definition) is 2. The largest absolute Gasteiger partial charge is 0.478 e. The second-order valence-electron chi connectivity index (χ2n) is 4.01. The standard InChI is InChI=1S/C11H14N2O2/c1-7-4-5-9(7)13-10-8(11(14)15)3-2-6-12-10/h2-3,6-7,9H,4-5H2,1H3,(H,12,13)(H,14,15). The van der Waals surface area contributed by atoms with Crippen LogP contribution in [0.5, 0.6) is 0 Å². The lowest BCUT2D eigenvalue weighted by Gasteiger charge is -2.35. The average molecular weight is 206 g/mol. The monoisotopic (exact) mass is 206 g/mol. The first-order valence-corrected chi connectivity index (χ1v) is 5.13. The summed E-state index contributed by atoms with van der Waals surface area (Å²) in [6.07, 6.45) is 3.90. The molecule has 0 aromatic carbocycles. The van der Waals surface area contributed by atoms with Gasteiger partial charge in [-0.05, 0) is 30.9 Å². The Kier molecular flexibility index (Phi) is 2.58. The number of carbonyl (C=O) groups is 1. The second kappa shape index (κ2) is 3.88. The minimum Gasteiger partial charge on any atom is -0.478 e. The van der Waals surface area contributed by atoms with Crippen LogP contribution in [-0.4, -0.2) is 22.1 Å². The third kappa shape index (κ3) is 1.93. The van der Waals surface area contributed by atoms with Crippen molar-refractivity contribution in [1.29, 1.82) is 0 Å². The van der Waals surface area contributed by atoms with Gasteiger partial charge in [0.25, 0.3) is 0 Å². The number of aromatic carboxylic acids is 1. The maximum absolute atomic E-state index is 10.9. The maximum atomic E-state index is 10.9. The highest BCUT2D eigenvalue weighted by molar-refractivity contribution is 5.93. The Bertz CT molecular complexity index is 379. The molecular weight excluding hydrogens is 192 g/mol. The molecule has 0 bridgehead atoms. The molecule has 4 nitrogen and oxygen atoms in total. The molecule has 0 saturated heterocycles. The number of hydrogen-bond acceptors (Lipinski definition) is 3. The van der Waals surface area contributed by atoms with E-state index in [1.165, 1.54) is 6.42 Å². The zero-order chi connectivity index (χ0) is 10.8. The molecule has 4 heteroatoms. The Morgan fingerprint density at radius 1 is 1.60 bits per heavy atom. The van der Waals surface area contributed by atoms with Gasteiger partial charge < -0.3 is 10.4 Å². The SMILES string of the molecule is CC1CCC1Nc1ncccc1C(=O)O. The summed E-state index contributed by atoms with van der Waals surface area (Å²) in [7, 11) is 0. The first kappa shape index (κ1) is 9.96. The zero-order valence-electron chi connectivity index (χ0n) is 8.60. The highest BCUT2D eigenvalue weighted by atomic mass is 16.4. The van der Waals surface area contributed by atoms with Crippen LogP contribution >= 0.6 is 0 Å². The van der Waals surface area contributed by atoms with E-state index in [4.69, 9.17) is 5.11 Å². The molecule has 0 aliphatic heterocycles. The van der Waals surface area contributed by atoms with Gasteiger partial charge in [-0.3, -0.25) is 0 Å². The van der Waals surface area contributed by atoms with Crippen molar-refractivity contribution in [2.45, 2.75) is 25.8 Å². The van der Waals surface area contributed by atoms with Gasteiger partial charge in [0.2, 0.25) is 0 Å². The van der Waals surface area contributed by atoms with E-state index in [1.54, 1.807) is 18.3 Å². The minimum absolute atomic E-state index is 0.247. The van der Waals surface area contributed by atoms with Crippen LogP contribution in [0.1, 0.15) is 30.1 Å². The molecule has 1 saturated carbocycles. The van der Waals surface area contributed by atoms with Gasteiger partial charge in [-0.25, -0.2) is 9.78 Å². The van der Waals surface area contributed by atoms with Crippen molar-refractivity contribution in [3.63, 3.8) is 0 Å². The van der Waals surface area contributed by atoms with E-state index in [0.717, 1.165) is 6.42 Å². The minimum atomic E-state index is -0.933. The van der Waals surface area contributed by atoms with Crippen LogP contribution < -0.4 is 5.32 Å². The molecule has 1 heterocycles. The van der Waals surface area contributed by atoms with Gasteiger partial charge in [-0.2, -0.15) is 0 Å². The van der Waals surface area contributed by atoms with Crippen LogP contribution in [0.4, 0.5) is 5.82 Å². The van der Waals surface area contributed by atoms with E-state index >= 15 is 0 Å². The number of nitrogens with zero attached hydrogens (tertiary/aromatic N) is 1.